The third kappa shape index (κ3) is 6.27. The number of amides is 3. The van der Waals surface area contributed by atoms with E-state index < -0.39 is 23.9 Å². The number of nitrogens with zero attached hydrogens (tertiary/aromatic N) is 2. The van der Waals surface area contributed by atoms with Gasteiger partial charge in [-0.15, -0.1) is 0 Å². The fourth-order valence-electron chi connectivity index (χ4n) is 6.47. The molecule has 3 aliphatic heterocycles. The van der Waals surface area contributed by atoms with E-state index in [4.69, 9.17) is 0 Å². The van der Waals surface area contributed by atoms with E-state index in [1.165, 1.54) is 12.5 Å². The van der Waals surface area contributed by atoms with Crippen LogP contribution in [0.3, 0.4) is 0 Å². The molecule has 10 heteroatoms. The molecule has 0 spiro atoms. The van der Waals surface area contributed by atoms with E-state index in [-0.39, 0.29) is 42.8 Å². The van der Waals surface area contributed by atoms with Crippen LogP contribution in [0.1, 0.15) is 64.2 Å². The lowest BCUT2D eigenvalue weighted by molar-refractivity contribution is -0.133. The third-order valence-electron chi connectivity index (χ3n) is 8.70. The molecule has 5 rings (SSSR count). The second-order valence-corrected chi connectivity index (χ2v) is 11.3. The van der Waals surface area contributed by atoms with Crippen molar-refractivity contribution >= 4 is 29.1 Å². The monoisotopic (exact) mass is 531 g/mol. The topological polar surface area (TPSA) is 93.8 Å². The summed E-state index contributed by atoms with van der Waals surface area (Å²) < 4.78 is 30.4. The maximum Gasteiger partial charge on any atom is 0.249 e. The second kappa shape index (κ2) is 12.0. The van der Waals surface area contributed by atoms with Crippen LogP contribution >= 0.6 is 0 Å². The zero-order valence-electron chi connectivity index (χ0n) is 21.9. The number of hydrogen-bond donors (Lipinski definition) is 3. The maximum absolute atomic E-state index is 15.4. The number of anilines is 2. The Bertz CT molecular complexity index is 1030. The number of benzene rings is 1. The molecule has 208 valence electrons. The average molecular weight is 532 g/mol. The fourth-order valence-corrected chi connectivity index (χ4v) is 6.47. The Morgan fingerprint density at radius 1 is 0.974 bits per heavy atom. The number of carbonyl (C=O) groups is 3. The van der Waals surface area contributed by atoms with E-state index in [9.17, 15) is 14.4 Å². The molecule has 4 aliphatic rings. The summed E-state index contributed by atoms with van der Waals surface area (Å²) in [7, 11) is 0. The first-order valence-corrected chi connectivity index (χ1v) is 14.2. The lowest BCUT2D eigenvalue weighted by atomic mass is 9.88. The largest absolute Gasteiger partial charge is 0.374 e. The SMILES string of the molecule is O=C1CCC(Nc2ccc(N3CCC(N4CCC(NC(=O)C5CCCCC5)CC4)C(F)C3)c(F)c2)C(=O)N1. The minimum absolute atomic E-state index is 0.125. The molecular formula is C28H39F2N5O3. The Hall–Kier alpha value is -2.75. The van der Waals surface area contributed by atoms with Gasteiger partial charge in [-0.25, -0.2) is 8.78 Å². The molecule has 3 saturated heterocycles. The highest BCUT2D eigenvalue weighted by Crippen LogP contribution is 2.30. The molecule has 3 N–H and O–H groups in total. The van der Waals surface area contributed by atoms with Gasteiger partial charge in [0.2, 0.25) is 17.7 Å². The molecule has 0 radical (unpaired) electrons. The number of likely N-dealkylation sites (tertiary alicyclic amines) is 1. The van der Waals surface area contributed by atoms with Crippen LogP contribution in [0.15, 0.2) is 18.2 Å². The molecule has 1 aromatic rings. The first-order valence-electron chi connectivity index (χ1n) is 14.2. The summed E-state index contributed by atoms with van der Waals surface area (Å²) in [5.41, 5.74) is 0.801. The number of alkyl halides is 1. The first kappa shape index (κ1) is 26.8. The highest BCUT2D eigenvalue weighted by molar-refractivity contribution is 6.01. The molecule has 1 saturated carbocycles. The summed E-state index contributed by atoms with van der Waals surface area (Å²) in [6.07, 6.45) is 7.26. The van der Waals surface area contributed by atoms with Crippen LogP contribution in [-0.2, 0) is 14.4 Å². The zero-order valence-corrected chi connectivity index (χ0v) is 21.9. The van der Waals surface area contributed by atoms with Gasteiger partial charge >= 0.3 is 0 Å². The normalized spacial score (nSPS) is 28.2. The Labute approximate surface area is 222 Å². The highest BCUT2D eigenvalue weighted by atomic mass is 19.1. The van der Waals surface area contributed by atoms with E-state index in [2.05, 4.69) is 20.9 Å². The number of halogens is 2. The van der Waals surface area contributed by atoms with Gasteiger partial charge in [0.15, 0.2) is 0 Å². The minimum atomic E-state index is -1.10. The summed E-state index contributed by atoms with van der Waals surface area (Å²) in [6, 6.07) is 4.02. The van der Waals surface area contributed by atoms with E-state index in [1.54, 1.807) is 17.0 Å². The number of carbonyl (C=O) groups excluding carboxylic acids is 3. The third-order valence-corrected chi connectivity index (χ3v) is 8.70. The van der Waals surface area contributed by atoms with Gasteiger partial charge in [0.05, 0.1) is 12.2 Å². The molecule has 1 aliphatic carbocycles. The first-order chi connectivity index (χ1) is 18.4. The van der Waals surface area contributed by atoms with Crippen molar-refractivity contribution < 1.29 is 23.2 Å². The molecule has 3 heterocycles. The molecule has 3 unspecified atom stereocenters. The van der Waals surface area contributed by atoms with Crippen LogP contribution in [0.4, 0.5) is 20.2 Å². The van der Waals surface area contributed by atoms with E-state index in [0.717, 1.165) is 51.6 Å². The quantitative estimate of drug-likeness (QED) is 0.489. The van der Waals surface area contributed by atoms with E-state index in [1.807, 2.05) is 0 Å². The predicted octanol–water partition coefficient (Wildman–Crippen LogP) is 3.12. The minimum Gasteiger partial charge on any atom is -0.374 e. The summed E-state index contributed by atoms with van der Waals surface area (Å²) in [6.45, 7) is 2.20. The standard InChI is InChI=1S/C28H39F2N5O3/c29-21-16-20(31-23-7-9-26(36)33-28(23)38)6-8-24(21)35-15-12-25(22(30)17-35)34-13-10-19(11-14-34)32-27(37)18-4-2-1-3-5-18/h6,8,16,18-19,22-23,25,31H,1-5,7,9-15,17H2,(H,32,37)(H,33,36,38). The number of piperidine rings is 3. The van der Waals surface area contributed by atoms with Crippen molar-refractivity contribution in [2.24, 2.45) is 5.92 Å². The summed E-state index contributed by atoms with van der Waals surface area (Å²) in [4.78, 5) is 39.9. The second-order valence-electron chi connectivity index (χ2n) is 11.3. The Kier molecular flexibility index (Phi) is 8.45. The molecule has 3 atom stereocenters. The van der Waals surface area contributed by atoms with Crippen LogP contribution in [0, 0.1) is 11.7 Å². The van der Waals surface area contributed by atoms with Gasteiger partial charge < -0.3 is 15.5 Å². The Morgan fingerprint density at radius 2 is 1.74 bits per heavy atom. The van der Waals surface area contributed by atoms with Gasteiger partial charge in [-0.3, -0.25) is 24.6 Å². The molecule has 0 aromatic heterocycles. The number of imide groups is 1. The fraction of sp³-hybridized carbons (Fsp3) is 0.679. The van der Waals surface area contributed by atoms with Crippen molar-refractivity contribution in [2.45, 2.75) is 88.5 Å². The van der Waals surface area contributed by atoms with Gasteiger partial charge in [-0.1, -0.05) is 19.3 Å². The highest BCUT2D eigenvalue weighted by Gasteiger charge is 2.36. The molecular weight excluding hydrogens is 492 g/mol. The molecule has 1 aromatic carbocycles. The van der Waals surface area contributed by atoms with Crippen LogP contribution < -0.4 is 20.9 Å². The predicted molar refractivity (Wildman–Crippen MR) is 141 cm³/mol. The van der Waals surface area contributed by atoms with Gasteiger partial charge in [-0.05, 0) is 56.7 Å². The number of rotatable bonds is 6. The van der Waals surface area contributed by atoms with Crippen molar-refractivity contribution in [1.82, 2.24) is 15.5 Å². The Morgan fingerprint density at radius 3 is 2.42 bits per heavy atom. The summed E-state index contributed by atoms with van der Waals surface area (Å²) in [5, 5.41) is 8.51. The van der Waals surface area contributed by atoms with Crippen LogP contribution in [-0.4, -0.2) is 73.1 Å². The average Bonchev–Trinajstić information content (AvgIpc) is 2.91. The van der Waals surface area contributed by atoms with E-state index in [0.29, 0.717) is 30.8 Å². The van der Waals surface area contributed by atoms with Gasteiger partial charge in [0, 0.05) is 49.7 Å². The Balaban J connectivity index is 1.10. The van der Waals surface area contributed by atoms with Gasteiger partial charge in [0.25, 0.3) is 0 Å². The zero-order chi connectivity index (χ0) is 26.6. The maximum atomic E-state index is 15.4. The van der Waals surface area contributed by atoms with Gasteiger partial charge in [0.1, 0.15) is 18.0 Å². The molecule has 0 bridgehead atoms. The smallest absolute Gasteiger partial charge is 0.249 e. The summed E-state index contributed by atoms with van der Waals surface area (Å²) in [5.74, 6) is -0.833. The van der Waals surface area contributed by atoms with Crippen LogP contribution in [0.2, 0.25) is 0 Å². The van der Waals surface area contributed by atoms with Crippen LogP contribution in [0.25, 0.3) is 0 Å². The molecule has 38 heavy (non-hydrogen) atoms. The van der Waals surface area contributed by atoms with Crippen molar-refractivity contribution in [2.75, 3.05) is 36.4 Å². The summed E-state index contributed by atoms with van der Waals surface area (Å²) >= 11 is 0. The van der Waals surface area contributed by atoms with Crippen molar-refractivity contribution in [3.63, 3.8) is 0 Å². The van der Waals surface area contributed by atoms with Crippen LogP contribution in [0.5, 0.6) is 0 Å². The molecule has 3 amide bonds. The van der Waals surface area contributed by atoms with Crippen molar-refractivity contribution in [3.8, 4) is 0 Å². The molecule has 8 nitrogen and oxygen atoms in total. The van der Waals surface area contributed by atoms with Crippen molar-refractivity contribution in [3.05, 3.63) is 24.0 Å². The number of hydrogen-bond acceptors (Lipinski definition) is 6. The van der Waals surface area contributed by atoms with Gasteiger partial charge in [-0.2, -0.15) is 0 Å². The lowest BCUT2D eigenvalue weighted by Crippen LogP contribution is -2.56. The van der Waals surface area contributed by atoms with E-state index >= 15 is 8.78 Å². The van der Waals surface area contributed by atoms with Crippen molar-refractivity contribution in [1.29, 1.82) is 0 Å². The molecule has 4 fully saturated rings. The number of nitrogens with one attached hydrogen (secondary N) is 3. The lowest BCUT2D eigenvalue weighted by Gasteiger charge is -2.44.